The first-order valence-electron chi connectivity index (χ1n) is 14.7. The molecule has 1 aromatic carbocycles. The van der Waals surface area contributed by atoms with Crippen molar-refractivity contribution >= 4 is 23.6 Å². The number of benzene rings is 1. The highest BCUT2D eigenvalue weighted by Gasteiger charge is 2.32. The third-order valence-corrected chi connectivity index (χ3v) is 6.54. The smallest absolute Gasteiger partial charge is 0.243 e. The van der Waals surface area contributed by atoms with Crippen LogP contribution in [-0.4, -0.2) is 54.3 Å². The highest BCUT2D eigenvalue weighted by molar-refractivity contribution is 5.94. The lowest BCUT2D eigenvalue weighted by atomic mass is 9.98. The fourth-order valence-electron chi connectivity index (χ4n) is 4.45. The van der Waals surface area contributed by atoms with Gasteiger partial charge < -0.3 is 27.0 Å². The molecule has 0 aromatic heterocycles. The maximum Gasteiger partial charge on any atom is 0.243 e. The first-order valence-corrected chi connectivity index (χ1v) is 14.7. The van der Waals surface area contributed by atoms with E-state index in [2.05, 4.69) is 21.3 Å². The summed E-state index contributed by atoms with van der Waals surface area (Å²) in [7, 11) is 0. The van der Waals surface area contributed by atoms with Crippen molar-refractivity contribution in [2.45, 2.75) is 105 Å². The minimum atomic E-state index is -0.859. The van der Waals surface area contributed by atoms with Gasteiger partial charge in [-0.2, -0.15) is 0 Å². The zero-order valence-corrected chi connectivity index (χ0v) is 25.8. The Labute approximate surface area is 241 Å². The van der Waals surface area contributed by atoms with E-state index in [9.17, 15) is 19.2 Å². The molecule has 0 saturated carbocycles. The lowest BCUT2D eigenvalue weighted by molar-refractivity contribution is -0.134. The van der Waals surface area contributed by atoms with Crippen LogP contribution in [0.5, 0.6) is 0 Å². The van der Waals surface area contributed by atoms with Gasteiger partial charge in [-0.1, -0.05) is 85.7 Å². The molecule has 6 N–H and O–H groups in total. The zero-order chi connectivity index (χ0) is 30.4. The lowest BCUT2D eigenvalue weighted by Crippen LogP contribution is -2.59. The second kappa shape index (κ2) is 17.7. The standard InChI is InChI=1S/C31H53N5O4/c1-19(2)16-24(32)28(37)34-25(17-20(3)4)29(38)35-26(18-21(5)6)30(39)36-27(22(7)8)31(40)33-15-14-23-12-10-9-11-13-23/h9-13,19-22,24-27H,14-18,32H2,1-8H3,(H,33,40)(H,34,37)(H,35,38)(H,36,39)/t24-,25-,26-,27-/m0/s1. The second-order valence-electron chi connectivity index (χ2n) is 12.4. The van der Waals surface area contributed by atoms with Gasteiger partial charge in [-0.05, 0) is 54.9 Å². The van der Waals surface area contributed by atoms with Gasteiger partial charge in [0.15, 0.2) is 0 Å². The fraction of sp³-hybridized carbons (Fsp3) is 0.677. The Kier molecular flexibility index (Phi) is 15.5. The summed E-state index contributed by atoms with van der Waals surface area (Å²) in [5.41, 5.74) is 7.16. The number of nitrogens with two attached hydrogens (primary N) is 1. The maximum absolute atomic E-state index is 13.4. The minimum Gasteiger partial charge on any atom is -0.354 e. The second-order valence-corrected chi connectivity index (χ2v) is 12.4. The summed E-state index contributed by atoms with van der Waals surface area (Å²) < 4.78 is 0. The summed E-state index contributed by atoms with van der Waals surface area (Å²) in [5.74, 6) is -1.21. The van der Waals surface area contributed by atoms with Gasteiger partial charge in [0, 0.05) is 6.54 Å². The average molecular weight is 560 g/mol. The fourth-order valence-corrected chi connectivity index (χ4v) is 4.45. The van der Waals surface area contributed by atoms with E-state index in [-0.39, 0.29) is 35.5 Å². The highest BCUT2D eigenvalue weighted by atomic mass is 16.2. The van der Waals surface area contributed by atoms with Crippen molar-refractivity contribution in [1.82, 2.24) is 21.3 Å². The molecule has 0 radical (unpaired) electrons. The van der Waals surface area contributed by atoms with E-state index in [1.54, 1.807) is 0 Å². The number of hydrogen-bond donors (Lipinski definition) is 5. The van der Waals surface area contributed by atoms with Gasteiger partial charge in [0.2, 0.25) is 23.6 Å². The van der Waals surface area contributed by atoms with Crippen LogP contribution in [0.25, 0.3) is 0 Å². The lowest BCUT2D eigenvalue weighted by Gasteiger charge is -2.28. The van der Waals surface area contributed by atoms with E-state index >= 15 is 0 Å². The van der Waals surface area contributed by atoms with Crippen LogP contribution < -0.4 is 27.0 Å². The zero-order valence-electron chi connectivity index (χ0n) is 25.8. The Bertz CT molecular complexity index is 933. The molecule has 4 amide bonds. The molecule has 0 heterocycles. The molecule has 0 aliphatic rings. The molecule has 1 rings (SSSR count). The van der Waals surface area contributed by atoms with Crippen LogP contribution in [0.4, 0.5) is 0 Å². The predicted molar refractivity (Wildman–Crippen MR) is 160 cm³/mol. The normalized spacial score (nSPS) is 14.5. The van der Waals surface area contributed by atoms with Crippen LogP contribution in [0.1, 0.15) is 80.2 Å². The van der Waals surface area contributed by atoms with Crippen molar-refractivity contribution in [3.63, 3.8) is 0 Å². The molecule has 4 atom stereocenters. The monoisotopic (exact) mass is 559 g/mol. The summed E-state index contributed by atoms with van der Waals surface area (Å²) in [6.07, 6.45) is 1.97. The number of carbonyl (C=O) groups excluding carboxylic acids is 4. The quantitative estimate of drug-likeness (QED) is 0.199. The summed E-state index contributed by atoms with van der Waals surface area (Å²) in [6, 6.07) is 6.69. The molecule has 40 heavy (non-hydrogen) atoms. The molecule has 0 bridgehead atoms. The van der Waals surface area contributed by atoms with E-state index in [0.717, 1.165) is 5.56 Å². The molecule has 1 aromatic rings. The van der Waals surface area contributed by atoms with Crippen LogP contribution in [-0.2, 0) is 25.6 Å². The first-order chi connectivity index (χ1) is 18.7. The molecule has 0 unspecified atom stereocenters. The van der Waals surface area contributed by atoms with Gasteiger partial charge in [0.25, 0.3) is 0 Å². The van der Waals surface area contributed by atoms with E-state index in [1.165, 1.54) is 0 Å². The number of amides is 4. The predicted octanol–water partition coefficient (Wildman–Crippen LogP) is 2.92. The molecule has 0 saturated heterocycles. The molecule has 0 spiro atoms. The Morgan fingerprint density at radius 3 is 1.60 bits per heavy atom. The Hall–Kier alpha value is -2.94. The van der Waals surface area contributed by atoms with Gasteiger partial charge in [0.05, 0.1) is 6.04 Å². The molecule has 0 fully saturated rings. The van der Waals surface area contributed by atoms with E-state index < -0.39 is 36.0 Å². The molecule has 226 valence electrons. The van der Waals surface area contributed by atoms with Gasteiger partial charge >= 0.3 is 0 Å². The largest absolute Gasteiger partial charge is 0.354 e. The third-order valence-electron chi connectivity index (χ3n) is 6.54. The summed E-state index contributed by atoms with van der Waals surface area (Å²) in [6.45, 7) is 16.0. The van der Waals surface area contributed by atoms with Gasteiger partial charge in [-0.15, -0.1) is 0 Å². The number of rotatable bonds is 17. The minimum absolute atomic E-state index is 0.103. The van der Waals surface area contributed by atoms with Crippen molar-refractivity contribution in [2.75, 3.05) is 6.54 Å². The van der Waals surface area contributed by atoms with Gasteiger partial charge in [-0.3, -0.25) is 19.2 Å². The number of carbonyl (C=O) groups is 4. The van der Waals surface area contributed by atoms with Crippen molar-refractivity contribution < 1.29 is 19.2 Å². The molecule has 0 aliphatic carbocycles. The molecule has 0 aliphatic heterocycles. The Morgan fingerprint density at radius 2 is 1.12 bits per heavy atom. The number of nitrogens with one attached hydrogen (secondary N) is 4. The average Bonchev–Trinajstić information content (AvgIpc) is 2.85. The Balaban J connectivity index is 2.93. The molecular weight excluding hydrogens is 506 g/mol. The SMILES string of the molecule is CC(C)C[C@H](NC(=O)[C@H](CC(C)C)NC(=O)[C@@H](N)CC(C)C)C(=O)N[C@H](C(=O)NCCc1ccccc1)C(C)C. The van der Waals surface area contributed by atoms with E-state index in [1.807, 2.05) is 85.7 Å². The van der Waals surface area contributed by atoms with Crippen LogP contribution in [0.15, 0.2) is 30.3 Å². The molecular formula is C31H53N5O4. The number of hydrogen-bond acceptors (Lipinski definition) is 5. The Morgan fingerprint density at radius 1 is 0.650 bits per heavy atom. The van der Waals surface area contributed by atoms with Crippen molar-refractivity contribution in [1.29, 1.82) is 0 Å². The van der Waals surface area contributed by atoms with Crippen molar-refractivity contribution in [3.8, 4) is 0 Å². The first kappa shape index (κ1) is 35.1. The van der Waals surface area contributed by atoms with Crippen molar-refractivity contribution in [2.24, 2.45) is 29.4 Å². The summed E-state index contributed by atoms with van der Waals surface area (Å²) in [5, 5.41) is 11.4. The summed E-state index contributed by atoms with van der Waals surface area (Å²) in [4.78, 5) is 52.5. The van der Waals surface area contributed by atoms with Crippen LogP contribution in [0.2, 0.25) is 0 Å². The van der Waals surface area contributed by atoms with Crippen LogP contribution in [0, 0.1) is 23.7 Å². The van der Waals surface area contributed by atoms with E-state index in [4.69, 9.17) is 5.73 Å². The van der Waals surface area contributed by atoms with Crippen LogP contribution >= 0.6 is 0 Å². The van der Waals surface area contributed by atoms with Crippen molar-refractivity contribution in [3.05, 3.63) is 35.9 Å². The third kappa shape index (κ3) is 13.4. The highest BCUT2D eigenvalue weighted by Crippen LogP contribution is 2.11. The van der Waals surface area contributed by atoms with Crippen LogP contribution in [0.3, 0.4) is 0 Å². The molecule has 9 nitrogen and oxygen atoms in total. The van der Waals surface area contributed by atoms with Gasteiger partial charge in [0.1, 0.15) is 18.1 Å². The van der Waals surface area contributed by atoms with Gasteiger partial charge in [-0.25, -0.2) is 0 Å². The van der Waals surface area contributed by atoms with E-state index in [0.29, 0.717) is 32.2 Å². The topological polar surface area (TPSA) is 142 Å². The molecule has 9 heteroatoms. The maximum atomic E-state index is 13.4. The summed E-state index contributed by atoms with van der Waals surface area (Å²) >= 11 is 0.